The Bertz CT molecular complexity index is 512. The van der Waals surface area contributed by atoms with Gasteiger partial charge in [0.2, 0.25) is 0 Å². The van der Waals surface area contributed by atoms with Gasteiger partial charge in [-0.25, -0.2) is 0 Å². The molecule has 0 atom stereocenters. The fraction of sp³-hybridized carbons (Fsp3) is 0. The molecule has 0 fully saturated rings. The average molecular weight is 212 g/mol. The molecule has 0 unspecified atom stereocenters. The van der Waals surface area contributed by atoms with Crippen LogP contribution in [-0.2, 0) is 0 Å². The van der Waals surface area contributed by atoms with Crippen molar-refractivity contribution in [3.8, 4) is 6.07 Å². The van der Waals surface area contributed by atoms with E-state index < -0.39 is 0 Å². The van der Waals surface area contributed by atoms with E-state index in [0.717, 1.165) is 21.4 Å². The van der Waals surface area contributed by atoms with Crippen molar-refractivity contribution in [2.75, 3.05) is 0 Å². The van der Waals surface area contributed by atoms with E-state index in [0.29, 0.717) is 10.6 Å². The van der Waals surface area contributed by atoms with E-state index in [4.69, 9.17) is 16.9 Å². The van der Waals surface area contributed by atoms with Crippen LogP contribution in [-0.4, -0.2) is 0 Å². The zero-order chi connectivity index (χ0) is 9.42. The number of hydrogen-bond acceptors (Lipinski definition) is 2. The van der Waals surface area contributed by atoms with E-state index in [1.807, 2.05) is 6.07 Å². The molecule has 1 aromatic carbocycles. The van der Waals surface area contributed by atoms with Crippen molar-refractivity contribution >= 4 is 33.0 Å². The van der Waals surface area contributed by atoms with Gasteiger partial charge in [-0.2, -0.15) is 9.65 Å². The van der Waals surface area contributed by atoms with Crippen LogP contribution in [0, 0.1) is 16.5 Å². The van der Waals surface area contributed by atoms with Crippen molar-refractivity contribution in [3.63, 3.8) is 0 Å². The number of rotatable bonds is 0. The number of thiophene rings is 1. The van der Waals surface area contributed by atoms with Crippen LogP contribution in [0.5, 0.6) is 0 Å². The summed E-state index contributed by atoms with van der Waals surface area (Å²) in [4.78, 5) is 0. The van der Waals surface area contributed by atoms with Gasteiger partial charge < -0.3 is 0 Å². The summed E-state index contributed by atoms with van der Waals surface area (Å²) >= 11 is 6.79. The first-order chi connectivity index (χ1) is 6.20. The molecule has 0 saturated heterocycles. The minimum Gasteiger partial charge on any atom is -0.195 e. The monoisotopic (exact) mass is 211 g/mol. The minimum absolute atomic E-state index is 0.263. The number of benzene rings is 1. The zero-order valence-corrected chi connectivity index (χ0v) is 7.92. The molecular formula is C9H3ClFNS. The second kappa shape index (κ2) is 2.99. The van der Waals surface area contributed by atoms with Gasteiger partial charge >= 0.3 is 0 Å². The molecule has 0 aliphatic carbocycles. The van der Waals surface area contributed by atoms with Crippen LogP contribution in [0.2, 0.25) is 5.02 Å². The quantitative estimate of drug-likeness (QED) is 0.654. The topological polar surface area (TPSA) is 23.8 Å². The highest BCUT2D eigenvalue weighted by Gasteiger charge is 2.05. The van der Waals surface area contributed by atoms with Gasteiger partial charge in [-0.05, 0) is 23.6 Å². The molecule has 64 valence electrons. The average Bonchev–Trinajstić information content (AvgIpc) is 2.42. The highest BCUT2D eigenvalue weighted by Crippen LogP contribution is 2.29. The molecule has 1 nitrogen and oxygen atoms in total. The van der Waals surface area contributed by atoms with Gasteiger partial charge in [0.1, 0.15) is 6.07 Å². The maximum atomic E-state index is 12.8. The highest BCUT2D eigenvalue weighted by molar-refractivity contribution is 7.17. The minimum atomic E-state index is -0.263. The van der Waals surface area contributed by atoms with Gasteiger partial charge in [0, 0.05) is 4.70 Å². The molecule has 0 radical (unpaired) electrons. The molecule has 0 N–H and O–H groups in total. The van der Waals surface area contributed by atoms with Crippen molar-refractivity contribution in [1.29, 1.82) is 5.26 Å². The molecule has 0 amide bonds. The molecule has 1 heterocycles. The molecule has 0 aliphatic heterocycles. The number of fused-ring (bicyclic) bond motifs is 1. The SMILES string of the molecule is N#Cc1cc2sc(F)cc2cc1Cl. The van der Waals surface area contributed by atoms with Crippen molar-refractivity contribution in [1.82, 2.24) is 0 Å². The molecule has 0 aliphatic rings. The predicted molar refractivity (Wildman–Crippen MR) is 51.5 cm³/mol. The largest absolute Gasteiger partial charge is 0.195 e. The van der Waals surface area contributed by atoms with E-state index in [2.05, 4.69) is 0 Å². The van der Waals surface area contributed by atoms with Crippen molar-refractivity contribution in [3.05, 3.63) is 33.9 Å². The molecule has 0 bridgehead atoms. The summed E-state index contributed by atoms with van der Waals surface area (Å²) in [7, 11) is 0. The summed E-state index contributed by atoms with van der Waals surface area (Å²) in [6.45, 7) is 0. The fourth-order valence-corrected chi connectivity index (χ4v) is 2.14. The lowest BCUT2D eigenvalue weighted by atomic mass is 10.2. The third-order valence-electron chi connectivity index (χ3n) is 1.70. The van der Waals surface area contributed by atoms with E-state index in [1.165, 1.54) is 6.07 Å². The third kappa shape index (κ3) is 1.39. The van der Waals surface area contributed by atoms with E-state index in [9.17, 15) is 4.39 Å². The van der Waals surface area contributed by atoms with Gasteiger partial charge in [-0.1, -0.05) is 11.6 Å². The lowest BCUT2D eigenvalue weighted by Crippen LogP contribution is -1.74. The number of hydrogen-bond donors (Lipinski definition) is 0. The van der Waals surface area contributed by atoms with Crippen LogP contribution in [0.1, 0.15) is 5.56 Å². The summed E-state index contributed by atoms with van der Waals surface area (Å²) in [6.07, 6.45) is 0. The van der Waals surface area contributed by atoms with E-state index in [1.54, 1.807) is 12.1 Å². The summed E-state index contributed by atoms with van der Waals surface area (Å²) < 4.78 is 13.5. The van der Waals surface area contributed by atoms with Gasteiger partial charge in [0.25, 0.3) is 0 Å². The molecule has 0 saturated carbocycles. The molecule has 1 aromatic heterocycles. The second-order valence-corrected chi connectivity index (χ2v) is 3.97. The van der Waals surface area contributed by atoms with Gasteiger partial charge in [0.15, 0.2) is 5.13 Å². The van der Waals surface area contributed by atoms with E-state index in [-0.39, 0.29) is 5.13 Å². The lowest BCUT2D eigenvalue weighted by molar-refractivity contribution is 0.658. The van der Waals surface area contributed by atoms with Crippen LogP contribution in [0.4, 0.5) is 4.39 Å². The number of nitrogens with zero attached hydrogens (tertiary/aromatic N) is 1. The Hall–Kier alpha value is -1.11. The Morgan fingerprint density at radius 3 is 2.85 bits per heavy atom. The van der Waals surface area contributed by atoms with Crippen LogP contribution >= 0.6 is 22.9 Å². The first kappa shape index (κ1) is 8.49. The molecule has 2 rings (SSSR count). The Morgan fingerprint density at radius 1 is 1.38 bits per heavy atom. The normalized spacial score (nSPS) is 10.2. The maximum Gasteiger partial charge on any atom is 0.177 e. The first-order valence-electron chi connectivity index (χ1n) is 3.49. The van der Waals surface area contributed by atoms with Crippen molar-refractivity contribution < 1.29 is 4.39 Å². The molecule has 2 aromatic rings. The summed E-state index contributed by atoms with van der Waals surface area (Å²) in [5.41, 5.74) is 0.385. The lowest BCUT2D eigenvalue weighted by Gasteiger charge is -1.93. The molecule has 4 heteroatoms. The highest BCUT2D eigenvalue weighted by atomic mass is 35.5. The number of nitriles is 1. The zero-order valence-electron chi connectivity index (χ0n) is 6.34. The van der Waals surface area contributed by atoms with E-state index >= 15 is 0 Å². The number of halogens is 2. The van der Waals surface area contributed by atoms with Crippen LogP contribution < -0.4 is 0 Å². The van der Waals surface area contributed by atoms with Crippen molar-refractivity contribution in [2.24, 2.45) is 0 Å². The maximum absolute atomic E-state index is 12.8. The second-order valence-electron chi connectivity index (χ2n) is 2.53. The first-order valence-corrected chi connectivity index (χ1v) is 4.69. The Morgan fingerprint density at radius 2 is 2.15 bits per heavy atom. The Labute approximate surface area is 83.0 Å². The smallest absolute Gasteiger partial charge is 0.177 e. The molecular weight excluding hydrogens is 209 g/mol. The van der Waals surface area contributed by atoms with Crippen LogP contribution in [0.15, 0.2) is 18.2 Å². The summed E-state index contributed by atoms with van der Waals surface area (Å²) in [5.74, 6) is 0. The van der Waals surface area contributed by atoms with Crippen LogP contribution in [0.3, 0.4) is 0 Å². The summed E-state index contributed by atoms with van der Waals surface area (Å²) in [6, 6.07) is 6.57. The van der Waals surface area contributed by atoms with Crippen molar-refractivity contribution in [2.45, 2.75) is 0 Å². The van der Waals surface area contributed by atoms with Gasteiger partial charge in [-0.3, -0.25) is 0 Å². The third-order valence-corrected chi connectivity index (χ3v) is 2.90. The van der Waals surface area contributed by atoms with Crippen LogP contribution in [0.25, 0.3) is 10.1 Å². The Kier molecular flexibility index (Phi) is 1.95. The fourth-order valence-electron chi connectivity index (χ4n) is 1.11. The summed E-state index contributed by atoms with van der Waals surface area (Å²) in [5, 5.41) is 9.51. The Balaban J connectivity index is 2.82. The molecule has 0 spiro atoms. The predicted octanol–water partition coefficient (Wildman–Crippen LogP) is 3.57. The van der Waals surface area contributed by atoms with Gasteiger partial charge in [0.05, 0.1) is 10.6 Å². The molecule has 13 heavy (non-hydrogen) atoms. The standard InChI is InChI=1S/C9H3ClFNS/c10-7-1-5-3-9(11)13-8(5)2-6(7)4-12/h1-3H. The van der Waals surface area contributed by atoms with Gasteiger partial charge in [-0.15, -0.1) is 11.3 Å².